The fraction of sp³-hybridized carbons (Fsp3) is 0. The number of hydrogen-bond acceptors (Lipinski definition) is 8. The molecule has 40 heavy (non-hydrogen) atoms. The van der Waals surface area contributed by atoms with E-state index in [1.165, 1.54) is 12.1 Å². The molecule has 6 rings (SSSR count). The predicted octanol–water partition coefficient (Wildman–Crippen LogP) is 7.15. The van der Waals surface area contributed by atoms with Crippen molar-refractivity contribution in [1.29, 1.82) is 11.1 Å². The zero-order chi connectivity index (χ0) is 28.6. The number of carbonyl (C=O) groups excluding carboxylic acids is 2. The van der Waals surface area contributed by atoms with Gasteiger partial charge in [-0.15, -0.1) is 10.2 Å². The third kappa shape index (κ3) is 4.00. The van der Waals surface area contributed by atoms with Crippen molar-refractivity contribution in [1.82, 2.24) is 0 Å². The van der Waals surface area contributed by atoms with E-state index < -0.39 is 11.8 Å². The average Bonchev–Trinajstić information content (AvgIpc) is 3.01. The fourth-order valence-corrected chi connectivity index (χ4v) is 4.84. The smallest absolute Gasteiger partial charge is 0.295 e. The van der Waals surface area contributed by atoms with E-state index in [2.05, 4.69) is 10.2 Å². The first-order chi connectivity index (χ1) is 19.3. The van der Waals surface area contributed by atoms with E-state index in [1.54, 1.807) is 72.8 Å². The standard InChI is InChI=1S/2C15H10N2O3/c2*16-17-15(20)11-7-3-6-10-12(11)14(19)9-5-2-1-4-8(9)13(10)18/h2*1-7,16,18-19H. The van der Waals surface area contributed by atoms with E-state index in [1.807, 2.05) is 0 Å². The molecule has 10 nitrogen and oxygen atoms in total. The van der Waals surface area contributed by atoms with Gasteiger partial charge >= 0.3 is 0 Å². The maximum atomic E-state index is 11.7. The zero-order valence-corrected chi connectivity index (χ0v) is 20.6. The summed E-state index contributed by atoms with van der Waals surface area (Å²) in [5.74, 6) is -1.73. The highest BCUT2D eigenvalue weighted by Gasteiger charge is 2.19. The lowest BCUT2D eigenvalue weighted by Gasteiger charge is -2.11. The first kappa shape index (κ1) is 25.7. The largest absolute Gasteiger partial charge is 0.507 e. The number of fused-ring (bicyclic) bond motifs is 4. The highest BCUT2D eigenvalue weighted by Crippen LogP contribution is 2.44. The van der Waals surface area contributed by atoms with Gasteiger partial charge in [-0.25, -0.2) is 11.1 Å². The normalized spacial score (nSPS) is 10.8. The molecule has 2 amide bonds. The lowest BCUT2D eigenvalue weighted by molar-refractivity contribution is 0.0984. The molecule has 0 atom stereocenters. The third-order valence-electron chi connectivity index (χ3n) is 6.65. The van der Waals surface area contributed by atoms with Crippen molar-refractivity contribution in [2.24, 2.45) is 10.2 Å². The van der Waals surface area contributed by atoms with Gasteiger partial charge in [-0.05, 0) is 12.1 Å². The zero-order valence-electron chi connectivity index (χ0n) is 20.6. The Hall–Kier alpha value is -5.90. The highest BCUT2D eigenvalue weighted by atomic mass is 16.3. The van der Waals surface area contributed by atoms with Crippen LogP contribution in [0.3, 0.4) is 0 Å². The molecular weight excluding hydrogens is 512 g/mol. The molecule has 0 radical (unpaired) electrons. The van der Waals surface area contributed by atoms with Gasteiger partial charge in [-0.1, -0.05) is 72.8 Å². The Labute approximate surface area is 225 Å². The number of nitrogens with one attached hydrogen (secondary N) is 2. The maximum Gasteiger partial charge on any atom is 0.295 e. The van der Waals surface area contributed by atoms with Crippen LogP contribution in [-0.4, -0.2) is 32.2 Å². The van der Waals surface area contributed by atoms with Gasteiger partial charge in [0.05, 0.1) is 11.1 Å². The molecule has 6 N–H and O–H groups in total. The van der Waals surface area contributed by atoms with Crippen LogP contribution in [0, 0.1) is 11.1 Å². The van der Waals surface area contributed by atoms with Crippen LogP contribution in [0.1, 0.15) is 20.7 Å². The summed E-state index contributed by atoms with van der Waals surface area (Å²) in [7, 11) is 0. The minimum Gasteiger partial charge on any atom is -0.507 e. The molecule has 0 spiro atoms. The summed E-state index contributed by atoms with van der Waals surface area (Å²) in [6, 6.07) is 23.0. The van der Waals surface area contributed by atoms with E-state index in [0.717, 1.165) is 0 Å². The summed E-state index contributed by atoms with van der Waals surface area (Å²) in [6.07, 6.45) is 0. The van der Waals surface area contributed by atoms with Gasteiger partial charge in [0.1, 0.15) is 23.0 Å². The van der Waals surface area contributed by atoms with E-state index in [4.69, 9.17) is 11.1 Å². The SMILES string of the molecule is N=NC(=O)c1cccc2c(O)c3ccccc3c(O)c12.N=NC(=O)c1cccc2c(O)c3ccccc3c(O)c12. The van der Waals surface area contributed by atoms with E-state index >= 15 is 0 Å². The molecule has 0 bridgehead atoms. The molecule has 6 aromatic carbocycles. The molecule has 0 saturated carbocycles. The number of phenolic OH excluding ortho intramolecular Hbond substituents is 4. The Kier molecular flexibility index (Phi) is 6.50. The number of nitrogens with zero attached hydrogens (tertiary/aromatic N) is 2. The van der Waals surface area contributed by atoms with Gasteiger partial charge in [-0.2, -0.15) is 0 Å². The Balaban J connectivity index is 0.000000161. The first-order valence-electron chi connectivity index (χ1n) is 11.8. The summed E-state index contributed by atoms with van der Waals surface area (Å²) < 4.78 is 0. The Bertz CT molecular complexity index is 1890. The summed E-state index contributed by atoms with van der Waals surface area (Å²) in [4.78, 5) is 23.4. The number of phenols is 4. The van der Waals surface area contributed by atoms with Crippen molar-refractivity contribution in [3.8, 4) is 23.0 Å². The summed E-state index contributed by atoms with van der Waals surface area (Å²) in [5, 5.41) is 50.2. The molecule has 0 aliphatic carbocycles. The van der Waals surface area contributed by atoms with Gasteiger partial charge in [-0.3, -0.25) is 9.59 Å². The van der Waals surface area contributed by atoms with E-state index in [-0.39, 0.29) is 44.9 Å². The summed E-state index contributed by atoms with van der Waals surface area (Å²) in [5.41, 5.74) is 13.9. The fourth-order valence-electron chi connectivity index (χ4n) is 4.84. The second-order valence-electron chi connectivity index (χ2n) is 8.78. The van der Waals surface area contributed by atoms with Crippen molar-refractivity contribution in [3.63, 3.8) is 0 Å². The van der Waals surface area contributed by atoms with Crippen LogP contribution < -0.4 is 0 Å². The van der Waals surface area contributed by atoms with Crippen LogP contribution in [0.5, 0.6) is 23.0 Å². The highest BCUT2D eigenvalue weighted by molar-refractivity contribution is 6.19. The number of hydrogen-bond donors (Lipinski definition) is 6. The molecule has 0 fully saturated rings. The number of amides is 2. The van der Waals surface area contributed by atoms with Crippen molar-refractivity contribution < 1.29 is 30.0 Å². The molecule has 0 unspecified atom stereocenters. The van der Waals surface area contributed by atoms with E-state index in [9.17, 15) is 30.0 Å². The molecule has 0 aliphatic rings. The lowest BCUT2D eigenvalue weighted by Crippen LogP contribution is -1.95. The summed E-state index contributed by atoms with van der Waals surface area (Å²) >= 11 is 0. The van der Waals surface area contributed by atoms with Crippen molar-refractivity contribution in [2.75, 3.05) is 0 Å². The van der Waals surface area contributed by atoms with E-state index in [0.29, 0.717) is 32.3 Å². The second-order valence-corrected chi connectivity index (χ2v) is 8.78. The molecule has 196 valence electrons. The van der Waals surface area contributed by atoms with Crippen molar-refractivity contribution in [2.45, 2.75) is 0 Å². The molecular formula is C30H20N4O6. The van der Waals surface area contributed by atoms with Gasteiger partial charge in [0.25, 0.3) is 11.8 Å². The minimum atomic E-state index is -0.763. The Morgan fingerprint density at radius 2 is 0.750 bits per heavy atom. The Morgan fingerprint density at radius 1 is 0.450 bits per heavy atom. The Morgan fingerprint density at radius 3 is 1.07 bits per heavy atom. The molecule has 0 saturated heterocycles. The topological polar surface area (TPSA) is 187 Å². The van der Waals surface area contributed by atoms with Crippen LogP contribution in [0.15, 0.2) is 95.2 Å². The third-order valence-corrected chi connectivity index (χ3v) is 6.65. The van der Waals surface area contributed by atoms with Crippen molar-refractivity contribution in [3.05, 3.63) is 96.1 Å². The second kappa shape index (κ2) is 10.1. The van der Waals surface area contributed by atoms with Crippen LogP contribution in [0.25, 0.3) is 43.1 Å². The molecule has 6 aromatic rings. The van der Waals surface area contributed by atoms with Crippen LogP contribution >= 0.6 is 0 Å². The molecule has 10 heteroatoms. The number of benzene rings is 6. The van der Waals surface area contributed by atoms with Crippen LogP contribution in [-0.2, 0) is 0 Å². The number of rotatable bonds is 2. The summed E-state index contributed by atoms with van der Waals surface area (Å²) in [6.45, 7) is 0. The van der Waals surface area contributed by atoms with Gasteiger partial charge < -0.3 is 20.4 Å². The monoisotopic (exact) mass is 532 g/mol. The molecule has 0 aromatic heterocycles. The van der Waals surface area contributed by atoms with Crippen molar-refractivity contribution >= 4 is 54.9 Å². The first-order valence-corrected chi connectivity index (χ1v) is 11.8. The number of carbonyl (C=O) groups is 2. The predicted molar refractivity (Wildman–Crippen MR) is 149 cm³/mol. The van der Waals surface area contributed by atoms with Gasteiger partial charge in [0.15, 0.2) is 0 Å². The quantitative estimate of drug-likeness (QED) is 0.0780. The minimum absolute atomic E-state index is 0.00645. The maximum absolute atomic E-state index is 11.7. The van der Waals surface area contributed by atoms with Gasteiger partial charge in [0.2, 0.25) is 0 Å². The van der Waals surface area contributed by atoms with Crippen LogP contribution in [0.4, 0.5) is 0 Å². The average molecular weight is 533 g/mol. The molecule has 0 heterocycles. The van der Waals surface area contributed by atoms with Crippen LogP contribution in [0.2, 0.25) is 0 Å². The van der Waals surface area contributed by atoms with Gasteiger partial charge in [0, 0.05) is 43.1 Å². The molecule has 0 aliphatic heterocycles. The lowest BCUT2D eigenvalue weighted by atomic mass is 9.97. The number of aromatic hydroxyl groups is 4.